The molecule has 1 aliphatic carbocycles. The Hall–Kier alpha value is -2.29. The molecular weight excluding hydrogens is 299 g/mol. The van der Waals surface area contributed by atoms with Crippen LogP contribution in [0.4, 0.5) is 4.39 Å². The molecule has 0 saturated heterocycles. The maximum atomic E-state index is 13.9. The van der Waals surface area contributed by atoms with E-state index in [0.29, 0.717) is 17.0 Å². The van der Waals surface area contributed by atoms with Crippen LogP contribution in [0.2, 0.25) is 0 Å². The predicted octanol–water partition coefficient (Wildman–Crippen LogP) is 5.71. The maximum Gasteiger partial charge on any atom is 0.129 e. The summed E-state index contributed by atoms with van der Waals surface area (Å²) in [6.07, 6.45) is 6.82. The molecule has 1 heterocycles. The first kappa shape index (κ1) is 15.3. The van der Waals surface area contributed by atoms with E-state index in [-0.39, 0.29) is 5.82 Å². The topological polar surface area (TPSA) is 25.8 Å². The average Bonchev–Trinajstić information content (AvgIpc) is 3.13. The Bertz CT molecular complexity index is 888. The zero-order chi connectivity index (χ0) is 16.7. The molecule has 0 radical (unpaired) electrons. The van der Waals surface area contributed by atoms with Gasteiger partial charge >= 0.3 is 0 Å². The van der Waals surface area contributed by atoms with Crippen molar-refractivity contribution in [3.63, 3.8) is 0 Å². The summed E-state index contributed by atoms with van der Waals surface area (Å²) >= 11 is 0. The highest BCUT2D eigenvalue weighted by Crippen LogP contribution is 2.36. The summed E-state index contributed by atoms with van der Waals surface area (Å²) in [6, 6.07) is 10.3. The Balaban J connectivity index is 1.84. The van der Waals surface area contributed by atoms with E-state index in [1.165, 1.54) is 31.2 Å². The minimum absolute atomic E-state index is 0.138. The Morgan fingerprint density at radius 3 is 2.38 bits per heavy atom. The first-order chi connectivity index (χ1) is 11.6. The lowest BCUT2D eigenvalue weighted by molar-refractivity contribution is 0.609. The van der Waals surface area contributed by atoms with E-state index in [9.17, 15) is 4.39 Å². The minimum atomic E-state index is -0.138. The van der Waals surface area contributed by atoms with E-state index in [0.717, 1.165) is 22.2 Å². The molecule has 1 aromatic heterocycles. The summed E-state index contributed by atoms with van der Waals surface area (Å²) in [5, 5.41) is 1.03. The second-order valence-electron chi connectivity index (χ2n) is 6.90. The maximum absolute atomic E-state index is 13.9. The number of rotatable bonds is 2. The van der Waals surface area contributed by atoms with E-state index in [4.69, 9.17) is 0 Å². The molecule has 0 aliphatic heterocycles. The molecular formula is C21H21FN2. The number of fused-ring (bicyclic) bond motifs is 1. The van der Waals surface area contributed by atoms with Gasteiger partial charge in [-0.25, -0.2) is 14.4 Å². The van der Waals surface area contributed by atoms with Gasteiger partial charge in [0.15, 0.2) is 0 Å². The zero-order valence-electron chi connectivity index (χ0n) is 14.1. The highest BCUT2D eigenvalue weighted by molar-refractivity contribution is 5.92. The van der Waals surface area contributed by atoms with E-state index in [2.05, 4.69) is 28.2 Å². The van der Waals surface area contributed by atoms with Gasteiger partial charge in [0.2, 0.25) is 0 Å². The number of benzene rings is 2. The summed E-state index contributed by atoms with van der Waals surface area (Å²) in [4.78, 5) is 8.96. The number of halogens is 1. The fourth-order valence-corrected chi connectivity index (χ4v) is 3.90. The van der Waals surface area contributed by atoms with Crippen molar-refractivity contribution in [2.24, 2.45) is 0 Å². The van der Waals surface area contributed by atoms with Gasteiger partial charge in [0.1, 0.15) is 12.1 Å². The fourth-order valence-electron chi connectivity index (χ4n) is 3.90. The van der Waals surface area contributed by atoms with Crippen LogP contribution in [-0.2, 0) is 0 Å². The molecule has 4 rings (SSSR count). The zero-order valence-corrected chi connectivity index (χ0v) is 14.1. The first-order valence-corrected chi connectivity index (χ1v) is 8.65. The molecule has 2 nitrogen and oxygen atoms in total. The lowest BCUT2D eigenvalue weighted by atomic mass is 9.95. The standard InChI is InChI=1S/C21H21FN2/c1-13-9-17(10-14(2)20(13)22)21-18-8-7-16(15-5-3-4-6-15)11-19(18)23-12-24-21/h7-12,15H,3-6H2,1-2H3. The van der Waals surface area contributed by atoms with E-state index >= 15 is 0 Å². The first-order valence-electron chi connectivity index (χ1n) is 8.65. The molecule has 3 heteroatoms. The molecule has 0 spiro atoms. The monoisotopic (exact) mass is 320 g/mol. The molecule has 122 valence electrons. The largest absolute Gasteiger partial charge is 0.236 e. The number of hydrogen-bond acceptors (Lipinski definition) is 2. The summed E-state index contributed by atoms with van der Waals surface area (Å²) in [5.74, 6) is 0.531. The van der Waals surface area contributed by atoms with E-state index in [1.807, 2.05) is 12.1 Å². The molecule has 1 fully saturated rings. The van der Waals surface area contributed by atoms with Crippen LogP contribution in [0.25, 0.3) is 22.2 Å². The predicted molar refractivity (Wildman–Crippen MR) is 95.6 cm³/mol. The lowest BCUT2D eigenvalue weighted by Gasteiger charge is -2.12. The number of hydrogen-bond donors (Lipinski definition) is 0. The summed E-state index contributed by atoms with van der Waals surface area (Å²) in [7, 11) is 0. The lowest BCUT2D eigenvalue weighted by Crippen LogP contribution is -1.96. The molecule has 1 saturated carbocycles. The van der Waals surface area contributed by atoms with Crippen molar-refractivity contribution in [2.75, 3.05) is 0 Å². The van der Waals surface area contributed by atoms with Crippen LogP contribution in [0.15, 0.2) is 36.7 Å². The van der Waals surface area contributed by atoms with Gasteiger partial charge in [-0.1, -0.05) is 25.0 Å². The molecule has 3 aromatic rings. The summed E-state index contributed by atoms with van der Waals surface area (Å²) < 4.78 is 13.9. The molecule has 0 N–H and O–H groups in total. The molecule has 1 aliphatic rings. The molecule has 0 bridgehead atoms. The third kappa shape index (κ3) is 2.58. The van der Waals surface area contributed by atoms with E-state index < -0.39 is 0 Å². The second-order valence-corrected chi connectivity index (χ2v) is 6.90. The van der Waals surface area contributed by atoms with Crippen molar-refractivity contribution in [3.8, 4) is 11.3 Å². The SMILES string of the molecule is Cc1cc(-c2ncnc3cc(C4CCCC4)ccc23)cc(C)c1F. The molecule has 24 heavy (non-hydrogen) atoms. The van der Waals surface area contributed by atoms with Gasteiger partial charge in [-0.2, -0.15) is 0 Å². The fraction of sp³-hybridized carbons (Fsp3) is 0.333. The van der Waals surface area contributed by atoms with Crippen molar-refractivity contribution in [3.05, 3.63) is 59.2 Å². The molecule has 0 unspecified atom stereocenters. The van der Waals surface area contributed by atoms with Crippen molar-refractivity contribution in [1.29, 1.82) is 0 Å². The van der Waals surface area contributed by atoms with Gasteiger partial charge in [0, 0.05) is 10.9 Å². The van der Waals surface area contributed by atoms with Gasteiger partial charge in [-0.05, 0) is 67.5 Å². The van der Waals surface area contributed by atoms with Gasteiger partial charge in [0.25, 0.3) is 0 Å². The molecule has 2 aromatic carbocycles. The van der Waals surface area contributed by atoms with Crippen molar-refractivity contribution in [1.82, 2.24) is 9.97 Å². The third-order valence-corrected chi connectivity index (χ3v) is 5.20. The Morgan fingerprint density at radius 2 is 1.67 bits per heavy atom. The Morgan fingerprint density at radius 1 is 0.958 bits per heavy atom. The van der Waals surface area contributed by atoms with Crippen LogP contribution in [0.1, 0.15) is 48.3 Å². The Labute approximate surface area is 141 Å². The summed E-state index contributed by atoms with van der Waals surface area (Å²) in [6.45, 7) is 3.60. The quantitative estimate of drug-likeness (QED) is 0.604. The van der Waals surface area contributed by atoms with Crippen molar-refractivity contribution < 1.29 is 4.39 Å². The highest BCUT2D eigenvalue weighted by Gasteiger charge is 2.18. The van der Waals surface area contributed by atoms with Crippen LogP contribution in [0, 0.1) is 19.7 Å². The van der Waals surface area contributed by atoms with Gasteiger partial charge in [0.05, 0.1) is 11.2 Å². The minimum Gasteiger partial charge on any atom is -0.236 e. The number of nitrogens with zero attached hydrogens (tertiary/aromatic N) is 2. The third-order valence-electron chi connectivity index (χ3n) is 5.20. The Kier molecular flexibility index (Phi) is 3.79. The van der Waals surface area contributed by atoms with Crippen molar-refractivity contribution in [2.45, 2.75) is 45.4 Å². The van der Waals surface area contributed by atoms with Crippen LogP contribution in [-0.4, -0.2) is 9.97 Å². The highest BCUT2D eigenvalue weighted by atomic mass is 19.1. The molecule has 0 amide bonds. The van der Waals surface area contributed by atoms with Crippen LogP contribution >= 0.6 is 0 Å². The number of aromatic nitrogens is 2. The normalized spacial score (nSPS) is 15.3. The van der Waals surface area contributed by atoms with Crippen LogP contribution in [0.5, 0.6) is 0 Å². The number of aryl methyl sites for hydroxylation is 2. The van der Waals surface area contributed by atoms with Gasteiger partial charge in [-0.15, -0.1) is 0 Å². The smallest absolute Gasteiger partial charge is 0.129 e. The second kappa shape index (κ2) is 5.97. The average molecular weight is 320 g/mol. The van der Waals surface area contributed by atoms with Crippen LogP contribution in [0.3, 0.4) is 0 Å². The van der Waals surface area contributed by atoms with Crippen LogP contribution < -0.4 is 0 Å². The van der Waals surface area contributed by atoms with Crippen molar-refractivity contribution >= 4 is 10.9 Å². The van der Waals surface area contributed by atoms with Gasteiger partial charge < -0.3 is 0 Å². The summed E-state index contributed by atoms with van der Waals surface area (Å²) in [5.41, 5.74) is 5.50. The van der Waals surface area contributed by atoms with Gasteiger partial charge in [-0.3, -0.25) is 0 Å². The van der Waals surface area contributed by atoms with E-state index in [1.54, 1.807) is 20.2 Å². The molecule has 0 atom stereocenters.